The van der Waals surface area contributed by atoms with E-state index in [9.17, 15) is 9.59 Å². The maximum absolute atomic E-state index is 12.5. The van der Waals surface area contributed by atoms with Gasteiger partial charge in [-0.3, -0.25) is 9.59 Å². The summed E-state index contributed by atoms with van der Waals surface area (Å²) >= 11 is 0. The van der Waals surface area contributed by atoms with Crippen LogP contribution in [0.2, 0.25) is 0 Å². The highest BCUT2D eigenvalue weighted by atomic mass is 35.5. The van der Waals surface area contributed by atoms with Crippen LogP contribution in [0, 0.1) is 6.92 Å². The van der Waals surface area contributed by atoms with Crippen LogP contribution in [0.25, 0.3) is 0 Å². The Balaban J connectivity index is 0.00000225. The normalized spacial score (nSPS) is 11.8. The lowest BCUT2D eigenvalue weighted by Gasteiger charge is -2.12. The Kier molecular flexibility index (Phi) is 6.04. The largest absolute Gasteiger partial charge is 0.384 e. The van der Waals surface area contributed by atoms with Crippen LogP contribution in [-0.2, 0) is 11.2 Å². The van der Waals surface area contributed by atoms with E-state index in [0.717, 1.165) is 24.2 Å². The molecule has 1 heterocycles. The van der Waals surface area contributed by atoms with Gasteiger partial charge in [0.05, 0.1) is 0 Å². The lowest BCUT2D eigenvalue weighted by atomic mass is 10.1. The number of carbonyl (C=O) groups excluding carboxylic acids is 2. The summed E-state index contributed by atoms with van der Waals surface area (Å²) in [4.78, 5) is 24.1. The van der Waals surface area contributed by atoms with Crippen molar-refractivity contribution < 1.29 is 9.59 Å². The number of fused-ring (bicyclic) bond motifs is 1. The van der Waals surface area contributed by atoms with Gasteiger partial charge in [0.1, 0.15) is 0 Å². The van der Waals surface area contributed by atoms with Crippen molar-refractivity contribution in [1.82, 2.24) is 0 Å². The van der Waals surface area contributed by atoms with Gasteiger partial charge >= 0.3 is 0 Å². The number of nitrogens with one attached hydrogen (secondary N) is 3. The first-order valence-electron chi connectivity index (χ1n) is 8.15. The zero-order chi connectivity index (χ0) is 17.1. The molecule has 0 saturated heterocycles. The van der Waals surface area contributed by atoms with Gasteiger partial charge in [-0.15, -0.1) is 12.4 Å². The SMILES string of the molecule is CCC(=O)Nc1ccc(C)c(NC(=O)c2ccc3c(c2)CCN3)c1.Cl. The minimum Gasteiger partial charge on any atom is -0.384 e. The average Bonchev–Trinajstić information content (AvgIpc) is 3.05. The molecule has 2 amide bonds. The van der Waals surface area contributed by atoms with E-state index in [0.29, 0.717) is 23.4 Å². The summed E-state index contributed by atoms with van der Waals surface area (Å²) < 4.78 is 0. The minimum absolute atomic E-state index is 0. The Morgan fingerprint density at radius 2 is 1.92 bits per heavy atom. The molecule has 1 aliphatic rings. The van der Waals surface area contributed by atoms with Crippen molar-refractivity contribution in [1.29, 1.82) is 0 Å². The molecule has 0 bridgehead atoms. The molecule has 0 spiro atoms. The molecule has 25 heavy (non-hydrogen) atoms. The fourth-order valence-corrected chi connectivity index (χ4v) is 2.72. The fraction of sp³-hybridized carbons (Fsp3) is 0.263. The zero-order valence-corrected chi connectivity index (χ0v) is 15.1. The van der Waals surface area contributed by atoms with Crippen LogP contribution >= 0.6 is 12.4 Å². The smallest absolute Gasteiger partial charge is 0.255 e. The molecule has 5 nitrogen and oxygen atoms in total. The number of hydrogen-bond donors (Lipinski definition) is 3. The van der Waals surface area contributed by atoms with Gasteiger partial charge in [0, 0.05) is 35.6 Å². The molecule has 3 rings (SSSR count). The van der Waals surface area contributed by atoms with Crippen molar-refractivity contribution >= 4 is 41.3 Å². The standard InChI is InChI=1S/C19H21N3O2.ClH/c1-3-18(23)21-15-6-4-12(2)17(11-15)22-19(24)14-5-7-16-13(10-14)8-9-20-16;/h4-7,10-11,20H,3,8-9H2,1-2H3,(H,21,23)(H,22,24);1H. The van der Waals surface area contributed by atoms with Crippen LogP contribution in [0.3, 0.4) is 0 Å². The van der Waals surface area contributed by atoms with Crippen LogP contribution < -0.4 is 16.0 Å². The van der Waals surface area contributed by atoms with Crippen LogP contribution in [0.5, 0.6) is 0 Å². The van der Waals surface area contributed by atoms with Crippen molar-refractivity contribution in [2.24, 2.45) is 0 Å². The van der Waals surface area contributed by atoms with Crippen molar-refractivity contribution in [3.63, 3.8) is 0 Å². The highest BCUT2D eigenvalue weighted by Crippen LogP contribution is 2.25. The first kappa shape index (κ1) is 18.8. The van der Waals surface area contributed by atoms with E-state index in [2.05, 4.69) is 16.0 Å². The summed E-state index contributed by atoms with van der Waals surface area (Å²) in [5.74, 6) is -0.200. The van der Waals surface area contributed by atoms with Gasteiger partial charge in [0.2, 0.25) is 5.91 Å². The van der Waals surface area contributed by atoms with Gasteiger partial charge in [-0.05, 0) is 54.8 Å². The summed E-state index contributed by atoms with van der Waals surface area (Å²) in [6, 6.07) is 11.2. The number of amides is 2. The first-order chi connectivity index (χ1) is 11.6. The number of carbonyl (C=O) groups is 2. The molecule has 0 radical (unpaired) electrons. The zero-order valence-electron chi connectivity index (χ0n) is 14.3. The summed E-state index contributed by atoms with van der Waals surface area (Å²) in [5, 5.41) is 9.03. The molecule has 0 fully saturated rings. The molecule has 132 valence electrons. The first-order valence-corrected chi connectivity index (χ1v) is 8.15. The van der Waals surface area contributed by atoms with Crippen LogP contribution in [0.4, 0.5) is 17.1 Å². The molecule has 0 unspecified atom stereocenters. The maximum atomic E-state index is 12.5. The summed E-state index contributed by atoms with van der Waals surface area (Å²) in [7, 11) is 0. The maximum Gasteiger partial charge on any atom is 0.255 e. The highest BCUT2D eigenvalue weighted by Gasteiger charge is 2.14. The Morgan fingerprint density at radius 1 is 1.12 bits per heavy atom. The lowest BCUT2D eigenvalue weighted by Crippen LogP contribution is -2.14. The number of rotatable bonds is 4. The third-order valence-corrected chi connectivity index (χ3v) is 4.17. The topological polar surface area (TPSA) is 70.2 Å². The molecule has 0 saturated carbocycles. The number of aryl methyl sites for hydroxylation is 1. The Labute approximate surface area is 153 Å². The fourth-order valence-electron chi connectivity index (χ4n) is 2.72. The van der Waals surface area contributed by atoms with Gasteiger partial charge in [-0.2, -0.15) is 0 Å². The van der Waals surface area contributed by atoms with Crippen LogP contribution in [0.1, 0.15) is 34.8 Å². The average molecular weight is 360 g/mol. The second kappa shape index (κ2) is 8.03. The molecule has 0 aliphatic carbocycles. The molecular formula is C19H22ClN3O2. The summed E-state index contributed by atoms with van der Waals surface area (Å²) in [6.45, 7) is 4.64. The third-order valence-electron chi connectivity index (χ3n) is 4.17. The summed E-state index contributed by atoms with van der Waals surface area (Å²) in [6.07, 6.45) is 1.35. The molecule has 2 aromatic carbocycles. The van der Waals surface area contributed by atoms with Gasteiger partial charge < -0.3 is 16.0 Å². The van der Waals surface area contributed by atoms with E-state index in [1.54, 1.807) is 13.0 Å². The molecule has 6 heteroatoms. The van der Waals surface area contributed by atoms with E-state index < -0.39 is 0 Å². The Hall–Kier alpha value is -2.53. The van der Waals surface area contributed by atoms with E-state index in [1.165, 1.54) is 5.56 Å². The molecule has 3 N–H and O–H groups in total. The predicted octanol–water partition coefficient (Wildman–Crippen LogP) is 3.99. The van der Waals surface area contributed by atoms with Gasteiger partial charge in [0.15, 0.2) is 0 Å². The van der Waals surface area contributed by atoms with Gasteiger partial charge in [-0.25, -0.2) is 0 Å². The van der Waals surface area contributed by atoms with Gasteiger partial charge in [0.25, 0.3) is 5.91 Å². The van der Waals surface area contributed by atoms with Crippen molar-refractivity contribution in [3.8, 4) is 0 Å². The van der Waals surface area contributed by atoms with E-state index >= 15 is 0 Å². The molecule has 0 atom stereocenters. The van der Waals surface area contributed by atoms with Crippen molar-refractivity contribution in [2.45, 2.75) is 26.7 Å². The minimum atomic E-state index is -0.147. The quantitative estimate of drug-likeness (QED) is 0.773. The molecular weight excluding hydrogens is 338 g/mol. The molecule has 0 aromatic heterocycles. The Bertz CT molecular complexity index is 805. The third kappa shape index (κ3) is 4.31. The van der Waals surface area contributed by atoms with Crippen molar-refractivity contribution in [3.05, 3.63) is 53.1 Å². The van der Waals surface area contributed by atoms with Crippen molar-refractivity contribution in [2.75, 3.05) is 22.5 Å². The number of benzene rings is 2. The van der Waals surface area contributed by atoms with E-state index in [-0.39, 0.29) is 24.2 Å². The summed E-state index contributed by atoms with van der Waals surface area (Å²) in [5.41, 5.74) is 5.24. The van der Waals surface area contributed by atoms with E-state index in [4.69, 9.17) is 0 Å². The second-order valence-corrected chi connectivity index (χ2v) is 5.93. The predicted molar refractivity (Wildman–Crippen MR) is 104 cm³/mol. The molecule has 1 aliphatic heterocycles. The second-order valence-electron chi connectivity index (χ2n) is 5.93. The van der Waals surface area contributed by atoms with Gasteiger partial charge in [-0.1, -0.05) is 13.0 Å². The monoisotopic (exact) mass is 359 g/mol. The number of halogens is 1. The van der Waals surface area contributed by atoms with Crippen LogP contribution in [-0.4, -0.2) is 18.4 Å². The van der Waals surface area contributed by atoms with E-state index in [1.807, 2.05) is 37.3 Å². The highest BCUT2D eigenvalue weighted by molar-refractivity contribution is 6.05. The van der Waals surface area contributed by atoms with Crippen LogP contribution in [0.15, 0.2) is 36.4 Å². The number of anilines is 3. The Morgan fingerprint density at radius 3 is 2.68 bits per heavy atom. The molecule has 2 aromatic rings. The lowest BCUT2D eigenvalue weighted by molar-refractivity contribution is -0.115. The number of hydrogen-bond acceptors (Lipinski definition) is 3.